The zero-order valence-corrected chi connectivity index (χ0v) is 21.5. The van der Waals surface area contributed by atoms with Crippen LogP contribution in [0.15, 0.2) is 89.1 Å². The van der Waals surface area contributed by atoms with E-state index in [4.69, 9.17) is 14.5 Å². The summed E-state index contributed by atoms with van der Waals surface area (Å²) in [6.07, 6.45) is 1.09. The topological polar surface area (TPSA) is 82.0 Å². The average Bonchev–Trinajstić information content (AvgIpc) is 3.19. The number of aliphatic imine (C=N–C) groups is 1. The molecule has 190 valence electrons. The Morgan fingerprint density at radius 2 is 1.50 bits per heavy atom. The molecule has 0 fully saturated rings. The van der Waals surface area contributed by atoms with E-state index in [0.717, 1.165) is 22.5 Å². The molecule has 0 amide bonds. The Morgan fingerprint density at radius 1 is 0.842 bits per heavy atom. The van der Waals surface area contributed by atoms with Gasteiger partial charge < -0.3 is 9.47 Å². The predicted octanol–water partition coefficient (Wildman–Crippen LogP) is 5.96. The molecular formula is C32H27NO5. The maximum Gasteiger partial charge on any atom is 0.343 e. The number of hydrogen-bond acceptors (Lipinski definition) is 6. The summed E-state index contributed by atoms with van der Waals surface area (Å²) in [7, 11) is 1.56. The molecular weight excluding hydrogens is 478 g/mol. The van der Waals surface area contributed by atoms with Gasteiger partial charge in [0.25, 0.3) is 0 Å². The number of ether oxygens (including phenoxy) is 2. The Labute approximate surface area is 221 Å². The number of benzene rings is 3. The second-order valence-corrected chi connectivity index (χ2v) is 10.9. The maximum absolute atomic E-state index is 13.6. The highest BCUT2D eigenvalue weighted by Gasteiger charge is 2.50. The molecule has 38 heavy (non-hydrogen) atoms. The van der Waals surface area contributed by atoms with E-state index in [1.165, 1.54) is 0 Å². The standard InChI is InChI=1S/C32H27NO5/c1-32(2)16-24-27(25(34)17-32)26(28-29(33-24)22-6-4-5-7-23(22)30(28)35)18-8-14-21(15-9-18)38-31(36)19-10-12-20(37-3)13-11-19/h4-15,26,28H,16-17H2,1-3H3/t26-,28+/m0/s1. The van der Waals surface area contributed by atoms with Crippen LogP contribution in [-0.4, -0.2) is 30.4 Å². The molecule has 0 radical (unpaired) electrons. The van der Waals surface area contributed by atoms with Gasteiger partial charge in [0.1, 0.15) is 11.5 Å². The van der Waals surface area contributed by atoms with Crippen LogP contribution in [0, 0.1) is 11.3 Å². The number of allylic oxidation sites excluding steroid dienone is 2. The Morgan fingerprint density at radius 3 is 2.18 bits per heavy atom. The fraction of sp³-hybridized carbons (Fsp3) is 0.250. The largest absolute Gasteiger partial charge is 0.497 e. The van der Waals surface area contributed by atoms with Crippen molar-refractivity contribution < 1.29 is 23.9 Å². The van der Waals surface area contributed by atoms with Crippen LogP contribution in [-0.2, 0) is 4.79 Å². The van der Waals surface area contributed by atoms with E-state index < -0.39 is 17.8 Å². The molecule has 3 aromatic carbocycles. The third-order valence-electron chi connectivity index (χ3n) is 7.62. The number of rotatable bonds is 4. The van der Waals surface area contributed by atoms with Gasteiger partial charge in [0.2, 0.25) is 0 Å². The number of Topliss-reactive ketones (excluding diaryl/α,β-unsaturated/α-hetero) is 2. The zero-order valence-electron chi connectivity index (χ0n) is 21.5. The minimum Gasteiger partial charge on any atom is -0.497 e. The normalized spacial score (nSPS) is 21.3. The lowest BCUT2D eigenvalue weighted by atomic mass is 9.66. The molecule has 6 nitrogen and oxygen atoms in total. The molecule has 0 saturated carbocycles. The van der Waals surface area contributed by atoms with Crippen LogP contribution in [0.3, 0.4) is 0 Å². The lowest BCUT2D eigenvalue weighted by Gasteiger charge is -2.38. The molecule has 6 heteroatoms. The van der Waals surface area contributed by atoms with Gasteiger partial charge in [-0.1, -0.05) is 50.2 Å². The summed E-state index contributed by atoms with van der Waals surface area (Å²) in [5.41, 5.74) is 4.70. The fourth-order valence-electron chi connectivity index (χ4n) is 5.88. The minimum atomic E-state index is -0.552. The molecule has 3 aromatic rings. The third kappa shape index (κ3) is 3.97. The molecule has 2 atom stereocenters. The van der Waals surface area contributed by atoms with Crippen LogP contribution in [0.4, 0.5) is 0 Å². The lowest BCUT2D eigenvalue weighted by molar-refractivity contribution is -0.118. The molecule has 0 unspecified atom stereocenters. The van der Waals surface area contributed by atoms with Crippen LogP contribution in [0.2, 0.25) is 0 Å². The molecule has 2 aliphatic carbocycles. The smallest absolute Gasteiger partial charge is 0.343 e. The van der Waals surface area contributed by atoms with Crippen molar-refractivity contribution in [1.82, 2.24) is 0 Å². The summed E-state index contributed by atoms with van der Waals surface area (Å²) in [4.78, 5) is 44.7. The Kier molecular flexibility index (Phi) is 5.64. The molecule has 6 rings (SSSR count). The van der Waals surface area contributed by atoms with Crippen molar-refractivity contribution in [3.05, 3.63) is 106 Å². The maximum atomic E-state index is 13.6. The quantitative estimate of drug-likeness (QED) is 0.323. The van der Waals surface area contributed by atoms with Gasteiger partial charge in [-0.25, -0.2) is 4.79 Å². The molecule has 0 bridgehead atoms. The molecule has 0 aromatic heterocycles. The number of esters is 1. The van der Waals surface area contributed by atoms with Gasteiger partial charge in [0, 0.05) is 34.7 Å². The van der Waals surface area contributed by atoms with Crippen molar-refractivity contribution in [2.45, 2.75) is 32.6 Å². The second kappa shape index (κ2) is 8.91. The van der Waals surface area contributed by atoms with Gasteiger partial charge in [0.05, 0.1) is 24.3 Å². The van der Waals surface area contributed by atoms with Gasteiger partial charge >= 0.3 is 5.97 Å². The second-order valence-electron chi connectivity index (χ2n) is 10.9. The first-order valence-electron chi connectivity index (χ1n) is 12.7. The van der Waals surface area contributed by atoms with Gasteiger partial charge in [-0.2, -0.15) is 0 Å². The van der Waals surface area contributed by atoms with E-state index in [0.29, 0.717) is 41.0 Å². The lowest BCUT2D eigenvalue weighted by Crippen LogP contribution is -2.37. The Hall–Kier alpha value is -4.32. The predicted molar refractivity (Wildman–Crippen MR) is 143 cm³/mol. The van der Waals surface area contributed by atoms with Crippen LogP contribution < -0.4 is 9.47 Å². The molecule has 1 aliphatic heterocycles. The number of nitrogens with zero attached hydrogens (tertiary/aromatic N) is 1. The first-order chi connectivity index (χ1) is 18.3. The van der Waals surface area contributed by atoms with Crippen molar-refractivity contribution in [3.63, 3.8) is 0 Å². The number of carbonyl (C=O) groups excluding carboxylic acids is 3. The molecule has 3 aliphatic rings. The summed E-state index contributed by atoms with van der Waals surface area (Å²) >= 11 is 0. The first kappa shape index (κ1) is 24.0. The van der Waals surface area contributed by atoms with Crippen LogP contribution in [0.1, 0.15) is 64.4 Å². The van der Waals surface area contributed by atoms with Crippen molar-refractivity contribution in [1.29, 1.82) is 0 Å². The summed E-state index contributed by atoms with van der Waals surface area (Å²) < 4.78 is 10.7. The van der Waals surface area contributed by atoms with E-state index in [-0.39, 0.29) is 17.0 Å². The van der Waals surface area contributed by atoms with Crippen molar-refractivity contribution >= 4 is 23.2 Å². The molecule has 1 heterocycles. The van der Waals surface area contributed by atoms with Gasteiger partial charge in [-0.05, 0) is 53.8 Å². The van der Waals surface area contributed by atoms with Crippen molar-refractivity contribution in [3.8, 4) is 11.5 Å². The Balaban J connectivity index is 1.36. The minimum absolute atomic E-state index is 0.0106. The third-order valence-corrected chi connectivity index (χ3v) is 7.62. The summed E-state index contributed by atoms with van der Waals surface area (Å²) in [5.74, 6) is -0.406. The monoisotopic (exact) mass is 505 g/mol. The van der Waals surface area contributed by atoms with E-state index >= 15 is 0 Å². The highest BCUT2D eigenvalue weighted by Crippen LogP contribution is 2.51. The summed E-state index contributed by atoms with van der Waals surface area (Å²) in [5, 5.41) is 0. The summed E-state index contributed by atoms with van der Waals surface area (Å²) in [6, 6.07) is 21.4. The number of hydrogen-bond donors (Lipinski definition) is 0. The van der Waals surface area contributed by atoms with E-state index in [1.54, 1.807) is 43.5 Å². The zero-order chi connectivity index (χ0) is 26.6. The average molecular weight is 506 g/mol. The number of ketones is 2. The number of fused-ring (bicyclic) bond motifs is 3. The van der Waals surface area contributed by atoms with Gasteiger partial charge in [0.15, 0.2) is 11.6 Å². The highest BCUT2D eigenvalue weighted by molar-refractivity contribution is 6.30. The number of methoxy groups -OCH3 is 1. The van der Waals surface area contributed by atoms with Crippen LogP contribution >= 0.6 is 0 Å². The molecule has 0 spiro atoms. The van der Waals surface area contributed by atoms with E-state index in [9.17, 15) is 14.4 Å². The van der Waals surface area contributed by atoms with E-state index in [1.807, 2.05) is 36.4 Å². The first-order valence-corrected chi connectivity index (χ1v) is 12.7. The van der Waals surface area contributed by atoms with Crippen LogP contribution in [0.25, 0.3) is 0 Å². The van der Waals surface area contributed by atoms with Crippen molar-refractivity contribution in [2.75, 3.05) is 7.11 Å². The van der Waals surface area contributed by atoms with E-state index in [2.05, 4.69) is 13.8 Å². The van der Waals surface area contributed by atoms with Crippen molar-refractivity contribution in [2.24, 2.45) is 16.3 Å². The molecule has 0 N–H and O–H groups in total. The van der Waals surface area contributed by atoms with Gasteiger partial charge in [-0.3, -0.25) is 14.6 Å². The SMILES string of the molecule is COc1ccc(C(=O)Oc2ccc([C@H]3C4=C(CC(C)(C)CC4=O)N=C4c5ccccc5C(=O)[C@@H]43)cc2)cc1. The van der Waals surface area contributed by atoms with Gasteiger partial charge in [-0.15, -0.1) is 0 Å². The highest BCUT2D eigenvalue weighted by atomic mass is 16.5. The molecule has 0 saturated heterocycles. The number of carbonyl (C=O) groups is 3. The summed E-state index contributed by atoms with van der Waals surface area (Å²) in [6.45, 7) is 4.16. The Bertz CT molecular complexity index is 1540. The fourth-order valence-corrected chi connectivity index (χ4v) is 5.88. The van der Waals surface area contributed by atoms with Crippen LogP contribution in [0.5, 0.6) is 11.5 Å².